The predicted molar refractivity (Wildman–Crippen MR) is 47.7 cm³/mol. The number of Topliss-reactive ketones (excluding diaryl/α,β-unsaturated/α-hetero) is 1. The molecule has 2 saturated carbocycles. The van der Waals surface area contributed by atoms with E-state index in [0.717, 1.165) is 17.6 Å². The minimum absolute atomic E-state index is 0.496. The second-order valence-electron chi connectivity index (χ2n) is 3.68. The molecule has 1 nitrogen and oxygen atoms in total. The molecular weight excluding hydrogens is 156 g/mol. The minimum atomic E-state index is 0.496. The lowest BCUT2D eigenvalue weighted by Gasteiger charge is -1.99. The van der Waals surface area contributed by atoms with E-state index in [1.165, 1.54) is 19.3 Å². The Morgan fingerprint density at radius 2 is 2.09 bits per heavy atom. The van der Waals surface area contributed by atoms with Crippen molar-refractivity contribution in [2.24, 2.45) is 17.8 Å². The van der Waals surface area contributed by atoms with Gasteiger partial charge in [-0.3, -0.25) is 4.79 Å². The number of rotatable bonds is 3. The van der Waals surface area contributed by atoms with Crippen molar-refractivity contribution < 1.29 is 4.79 Å². The molecular formula is C9H14OS. The molecule has 2 unspecified atom stereocenters. The summed E-state index contributed by atoms with van der Waals surface area (Å²) < 4.78 is 0. The first-order valence-electron chi connectivity index (χ1n) is 4.36. The molecule has 0 heterocycles. The summed E-state index contributed by atoms with van der Waals surface area (Å²) in [6.45, 7) is 0. The summed E-state index contributed by atoms with van der Waals surface area (Å²) in [5.41, 5.74) is 0. The molecule has 0 aromatic heterocycles. The van der Waals surface area contributed by atoms with E-state index >= 15 is 0 Å². The van der Waals surface area contributed by atoms with Crippen LogP contribution in [0.15, 0.2) is 0 Å². The number of carbonyl (C=O) groups excluding carboxylic acids is 1. The lowest BCUT2D eigenvalue weighted by atomic mass is 10.1. The van der Waals surface area contributed by atoms with Crippen LogP contribution in [0.2, 0.25) is 0 Å². The number of fused-ring (bicyclic) bond motifs is 1. The summed E-state index contributed by atoms with van der Waals surface area (Å²) in [5.74, 6) is 3.39. The van der Waals surface area contributed by atoms with Crippen LogP contribution in [0.5, 0.6) is 0 Å². The second kappa shape index (κ2) is 2.81. The van der Waals surface area contributed by atoms with E-state index in [9.17, 15) is 4.79 Å². The molecule has 0 aliphatic heterocycles. The standard InChI is InChI=1S/C9H14OS/c1-11-5-8(10)9-6-3-2-4-7(6)9/h6-7,9H,2-5H2,1H3. The Balaban J connectivity index is 1.85. The molecule has 2 rings (SSSR count). The average Bonchev–Trinajstić information content (AvgIpc) is 2.47. The molecule has 0 aromatic rings. The fourth-order valence-electron chi connectivity index (χ4n) is 2.54. The zero-order valence-corrected chi connectivity index (χ0v) is 7.69. The molecule has 0 spiro atoms. The summed E-state index contributed by atoms with van der Waals surface area (Å²) in [6, 6.07) is 0. The maximum absolute atomic E-state index is 11.4. The number of carbonyl (C=O) groups is 1. The first-order chi connectivity index (χ1) is 5.34. The van der Waals surface area contributed by atoms with Gasteiger partial charge in [-0.1, -0.05) is 6.42 Å². The third-order valence-electron chi connectivity index (χ3n) is 3.06. The SMILES string of the molecule is CSCC(=O)C1C2CCCC21. The minimum Gasteiger partial charge on any atom is -0.298 e. The van der Waals surface area contributed by atoms with E-state index in [1.54, 1.807) is 11.8 Å². The maximum Gasteiger partial charge on any atom is 0.146 e. The van der Waals surface area contributed by atoms with E-state index < -0.39 is 0 Å². The van der Waals surface area contributed by atoms with Gasteiger partial charge in [0.15, 0.2) is 0 Å². The highest BCUT2D eigenvalue weighted by molar-refractivity contribution is 7.99. The lowest BCUT2D eigenvalue weighted by Crippen LogP contribution is -2.07. The Kier molecular flexibility index (Phi) is 1.96. The molecule has 2 heteroatoms. The van der Waals surface area contributed by atoms with Crippen LogP contribution in [0.4, 0.5) is 0 Å². The molecule has 62 valence electrons. The summed E-state index contributed by atoms with van der Waals surface area (Å²) in [6.07, 6.45) is 6.04. The molecule has 2 atom stereocenters. The summed E-state index contributed by atoms with van der Waals surface area (Å²) in [5, 5.41) is 0. The quantitative estimate of drug-likeness (QED) is 0.644. The van der Waals surface area contributed by atoms with Crippen LogP contribution >= 0.6 is 11.8 Å². The van der Waals surface area contributed by atoms with E-state index in [4.69, 9.17) is 0 Å². The van der Waals surface area contributed by atoms with Crippen molar-refractivity contribution >= 4 is 17.5 Å². The fourth-order valence-corrected chi connectivity index (χ4v) is 3.01. The van der Waals surface area contributed by atoms with Crippen molar-refractivity contribution in [1.29, 1.82) is 0 Å². The van der Waals surface area contributed by atoms with Gasteiger partial charge < -0.3 is 0 Å². The Bertz CT molecular complexity index is 168. The molecule has 2 aliphatic carbocycles. The molecule has 0 amide bonds. The van der Waals surface area contributed by atoms with Crippen molar-refractivity contribution in [2.45, 2.75) is 19.3 Å². The summed E-state index contributed by atoms with van der Waals surface area (Å²) in [4.78, 5) is 11.4. The van der Waals surface area contributed by atoms with Crippen molar-refractivity contribution in [3.63, 3.8) is 0 Å². The van der Waals surface area contributed by atoms with Gasteiger partial charge >= 0.3 is 0 Å². The van der Waals surface area contributed by atoms with Gasteiger partial charge in [0.05, 0.1) is 5.75 Å². The van der Waals surface area contributed by atoms with Gasteiger partial charge in [0.25, 0.3) is 0 Å². The smallest absolute Gasteiger partial charge is 0.146 e. The van der Waals surface area contributed by atoms with Gasteiger partial charge in [0.1, 0.15) is 5.78 Å². The van der Waals surface area contributed by atoms with Crippen LogP contribution in [0, 0.1) is 17.8 Å². The zero-order chi connectivity index (χ0) is 7.84. The Morgan fingerprint density at radius 3 is 2.64 bits per heavy atom. The van der Waals surface area contributed by atoms with Gasteiger partial charge in [-0.05, 0) is 30.9 Å². The molecule has 0 radical (unpaired) electrons. The van der Waals surface area contributed by atoms with Crippen LogP contribution < -0.4 is 0 Å². The van der Waals surface area contributed by atoms with Gasteiger partial charge in [-0.2, -0.15) is 11.8 Å². The van der Waals surface area contributed by atoms with E-state index in [-0.39, 0.29) is 0 Å². The van der Waals surface area contributed by atoms with Crippen LogP contribution in [0.1, 0.15) is 19.3 Å². The van der Waals surface area contributed by atoms with Crippen LogP contribution in [0.3, 0.4) is 0 Å². The lowest BCUT2D eigenvalue weighted by molar-refractivity contribution is -0.118. The van der Waals surface area contributed by atoms with Crippen LogP contribution in [-0.2, 0) is 4.79 Å². The summed E-state index contributed by atoms with van der Waals surface area (Å²) >= 11 is 1.67. The Labute approximate surface area is 71.9 Å². The van der Waals surface area contributed by atoms with Crippen molar-refractivity contribution in [3.05, 3.63) is 0 Å². The Hall–Kier alpha value is 0.0200. The highest BCUT2D eigenvalue weighted by atomic mass is 32.2. The Morgan fingerprint density at radius 1 is 1.45 bits per heavy atom. The third kappa shape index (κ3) is 1.22. The molecule has 0 aromatic carbocycles. The van der Waals surface area contributed by atoms with Crippen LogP contribution in [-0.4, -0.2) is 17.8 Å². The first-order valence-corrected chi connectivity index (χ1v) is 5.75. The molecule has 11 heavy (non-hydrogen) atoms. The van der Waals surface area contributed by atoms with Gasteiger partial charge in [-0.15, -0.1) is 0 Å². The normalized spacial score (nSPS) is 40.3. The molecule has 2 fully saturated rings. The van der Waals surface area contributed by atoms with Gasteiger partial charge in [0, 0.05) is 5.92 Å². The van der Waals surface area contributed by atoms with Crippen molar-refractivity contribution in [3.8, 4) is 0 Å². The molecule has 2 aliphatic rings. The van der Waals surface area contributed by atoms with E-state index in [0.29, 0.717) is 11.7 Å². The number of thioether (sulfide) groups is 1. The number of hydrogen-bond acceptors (Lipinski definition) is 2. The highest BCUT2D eigenvalue weighted by Gasteiger charge is 2.55. The zero-order valence-electron chi connectivity index (χ0n) is 6.88. The average molecular weight is 170 g/mol. The first kappa shape index (κ1) is 7.66. The predicted octanol–water partition coefficient (Wildman–Crippen LogP) is 1.96. The van der Waals surface area contributed by atoms with Gasteiger partial charge in [0.2, 0.25) is 0 Å². The highest BCUT2D eigenvalue weighted by Crippen LogP contribution is 2.57. The monoisotopic (exact) mass is 170 g/mol. The van der Waals surface area contributed by atoms with Gasteiger partial charge in [-0.25, -0.2) is 0 Å². The number of hydrogen-bond donors (Lipinski definition) is 0. The van der Waals surface area contributed by atoms with Crippen molar-refractivity contribution in [1.82, 2.24) is 0 Å². The topological polar surface area (TPSA) is 17.1 Å². The molecule has 0 N–H and O–H groups in total. The number of ketones is 1. The third-order valence-corrected chi connectivity index (χ3v) is 3.64. The largest absolute Gasteiger partial charge is 0.298 e. The van der Waals surface area contributed by atoms with Crippen LogP contribution in [0.25, 0.3) is 0 Å². The fraction of sp³-hybridized carbons (Fsp3) is 0.889. The molecule has 0 saturated heterocycles. The van der Waals surface area contributed by atoms with E-state index in [2.05, 4.69) is 0 Å². The second-order valence-corrected chi connectivity index (χ2v) is 4.55. The van der Waals surface area contributed by atoms with Crippen molar-refractivity contribution in [2.75, 3.05) is 12.0 Å². The van der Waals surface area contributed by atoms with E-state index in [1.807, 2.05) is 6.26 Å². The molecule has 0 bridgehead atoms. The summed E-state index contributed by atoms with van der Waals surface area (Å²) in [7, 11) is 0. The maximum atomic E-state index is 11.4.